The van der Waals surface area contributed by atoms with Crippen LogP contribution in [0.25, 0.3) is 0 Å². The van der Waals surface area contributed by atoms with E-state index in [4.69, 9.17) is 9.84 Å². The van der Waals surface area contributed by atoms with E-state index in [0.717, 1.165) is 25.5 Å². The van der Waals surface area contributed by atoms with Gasteiger partial charge in [-0.25, -0.2) is 0 Å². The number of carboxylic acids is 1. The first kappa shape index (κ1) is 17.3. The second-order valence-electron chi connectivity index (χ2n) is 4.05. The third kappa shape index (κ3) is 15.3. The summed E-state index contributed by atoms with van der Waals surface area (Å²) in [5, 5.41) is 8.40. The maximum atomic E-state index is 10.6. The van der Waals surface area contributed by atoms with E-state index in [9.17, 15) is 13.2 Å². The summed E-state index contributed by atoms with van der Waals surface area (Å²) in [5.74, 6) is -0.777. The molecule has 0 aromatic rings. The molecular weight excluding hydrogens is 260 g/mol. The van der Waals surface area contributed by atoms with Crippen LogP contribution in [0.3, 0.4) is 0 Å². The van der Waals surface area contributed by atoms with Crippen LogP contribution < -0.4 is 0 Å². The Morgan fingerprint density at radius 3 is 2.11 bits per heavy atom. The summed E-state index contributed by atoms with van der Waals surface area (Å²) in [6, 6.07) is 0. The highest BCUT2D eigenvalue weighted by Gasteiger charge is 2.00. The molecule has 18 heavy (non-hydrogen) atoms. The number of carbonyl (C=O) groups is 1. The van der Waals surface area contributed by atoms with Gasteiger partial charge in [0, 0.05) is 19.6 Å². The van der Waals surface area contributed by atoms with Gasteiger partial charge in [-0.05, 0) is 32.1 Å². The third-order valence-corrected chi connectivity index (χ3v) is 2.75. The number of hydrogen-bond acceptors (Lipinski definition) is 5. The Kier molecular flexibility index (Phi) is 9.90. The fourth-order valence-electron chi connectivity index (χ4n) is 1.28. The monoisotopic (exact) mass is 282 g/mol. The molecule has 0 aromatic carbocycles. The number of hydrogen-bond donors (Lipinski definition) is 1. The number of aliphatic carboxylic acids is 1. The normalized spacial score (nSPS) is 11.6. The minimum Gasteiger partial charge on any atom is -0.481 e. The fraction of sp³-hybridized carbons (Fsp3) is 0.909. The molecule has 0 atom stereocenters. The minimum atomic E-state index is -3.32. The van der Waals surface area contributed by atoms with Crippen molar-refractivity contribution in [2.75, 3.05) is 26.1 Å². The molecule has 0 amide bonds. The Morgan fingerprint density at radius 2 is 1.56 bits per heavy atom. The largest absolute Gasteiger partial charge is 0.481 e. The Hall–Kier alpha value is -0.660. The van der Waals surface area contributed by atoms with Crippen molar-refractivity contribution in [2.45, 2.75) is 38.5 Å². The second-order valence-corrected chi connectivity index (χ2v) is 5.69. The molecule has 6 nitrogen and oxygen atoms in total. The van der Waals surface area contributed by atoms with Crippen molar-refractivity contribution in [1.82, 2.24) is 0 Å². The van der Waals surface area contributed by atoms with Gasteiger partial charge < -0.3 is 9.84 Å². The lowest BCUT2D eigenvalue weighted by Gasteiger charge is -2.04. The molecular formula is C11H22O6S. The van der Waals surface area contributed by atoms with E-state index in [1.807, 2.05) is 0 Å². The Labute approximate surface area is 108 Å². The number of unbranched alkanes of at least 4 members (excludes halogenated alkanes) is 3. The molecule has 0 saturated heterocycles. The first-order valence-corrected chi connectivity index (χ1v) is 7.87. The molecule has 0 aliphatic rings. The van der Waals surface area contributed by atoms with Crippen LogP contribution in [0.2, 0.25) is 0 Å². The van der Waals surface area contributed by atoms with Crippen molar-refractivity contribution in [3.8, 4) is 0 Å². The molecule has 0 heterocycles. The van der Waals surface area contributed by atoms with Crippen molar-refractivity contribution < 1.29 is 27.2 Å². The zero-order chi connectivity index (χ0) is 13.9. The van der Waals surface area contributed by atoms with Gasteiger partial charge in [-0.2, -0.15) is 8.42 Å². The molecule has 0 unspecified atom stereocenters. The maximum Gasteiger partial charge on any atom is 0.303 e. The van der Waals surface area contributed by atoms with E-state index in [1.54, 1.807) is 0 Å². The molecule has 1 N–H and O–H groups in total. The standard InChI is InChI=1S/C11H22O6S/c1-18(14,15)17-10-5-2-4-8-16-9-6-3-7-11(12)13/h2-10H2,1H3,(H,12,13). The zero-order valence-electron chi connectivity index (χ0n) is 10.8. The number of rotatable bonds is 12. The molecule has 0 fully saturated rings. The van der Waals surface area contributed by atoms with Gasteiger partial charge in [-0.15, -0.1) is 0 Å². The topological polar surface area (TPSA) is 89.9 Å². The van der Waals surface area contributed by atoms with Gasteiger partial charge in [-0.1, -0.05) is 0 Å². The maximum absolute atomic E-state index is 10.6. The van der Waals surface area contributed by atoms with E-state index in [-0.39, 0.29) is 13.0 Å². The van der Waals surface area contributed by atoms with Gasteiger partial charge in [0.25, 0.3) is 10.1 Å². The minimum absolute atomic E-state index is 0.187. The first-order valence-electron chi connectivity index (χ1n) is 6.06. The molecule has 0 bridgehead atoms. The van der Waals surface area contributed by atoms with Crippen LogP contribution in [0.1, 0.15) is 38.5 Å². The van der Waals surface area contributed by atoms with Crippen molar-refractivity contribution >= 4 is 16.1 Å². The zero-order valence-corrected chi connectivity index (χ0v) is 11.6. The van der Waals surface area contributed by atoms with Crippen molar-refractivity contribution in [3.63, 3.8) is 0 Å². The number of carboxylic acid groups (broad SMARTS) is 1. The van der Waals surface area contributed by atoms with Crippen molar-refractivity contribution in [3.05, 3.63) is 0 Å². The molecule has 7 heteroatoms. The summed E-state index contributed by atoms with van der Waals surface area (Å²) < 4.78 is 31.2. The average molecular weight is 282 g/mol. The van der Waals surface area contributed by atoms with Gasteiger partial charge in [0.2, 0.25) is 0 Å². The summed E-state index contributed by atoms with van der Waals surface area (Å²) in [6.07, 6.45) is 5.01. The van der Waals surface area contributed by atoms with Crippen molar-refractivity contribution in [1.29, 1.82) is 0 Å². The van der Waals surface area contributed by atoms with Crippen LogP contribution in [0.5, 0.6) is 0 Å². The second kappa shape index (κ2) is 10.3. The van der Waals surface area contributed by atoms with Gasteiger partial charge in [0.15, 0.2) is 0 Å². The molecule has 0 rings (SSSR count). The predicted octanol–water partition coefficient (Wildman–Crippen LogP) is 1.40. The summed E-state index contributed by atoms with van der Waals surface area (Å²) >= 11 is 0. The Morgan fingerprint density at radius 1 is 1.00 bits per heavy atom. The highest BCUT2D eigenvalue weighted by atomic mass is 32.2. The molecule has 108 valence electrons. The summed E-state index contributed by atoms with van der Waals surface area (Å²) in [7, 11) is -3.32. The van der Waals surface area contributed by atoms with Crippen molar-refractivity contribution in [2.24, 2.45) is 0 Å². The van der Waals surface area contributed by atoms with Gasteiger partial charge in [0.1, 0.15) is 0 Å². The highest BCUT2D eigenvalue weighted by molar-refractivity contribution is 7.85. The lowest BCUT2D eigenvalue weighted by Crippen LogP contribution is -2.04. The summed E-state index contributed by atoms with van der Waals surface area (Å²) in [4.78, 5) is 10.2. The predicted molar refractivity (Wildman–Crippen MR) is 67.0 cm³/mol. The Balaban J connectivity index is 3.10. The smallest absolute Gasteiger partial charge is 0.303 e. The van der Waals surface area contributed by atoms with Crippen LogP contribution in [0, 0.1) is 0 Å². The first-order chi connectivity index (χ1) is 8.42. The van der Waals surface area contributed by atoms with Crippen LogP contribution >= 0.6 is 0 Å². The van der Waals surface area contributed by atoms with Crippen LogP contribution in [-0.4, -0.2) is 45.6 Å². The fourth-order valence-corrected chi connectivity index (χ4v) is 1.70. The van der Waals surface area contributed by atoms with E-state index in [1.165, 1.54) is 0 Å². The number of ether oxygens (including phenoxy) is 1. The summed E-state index contributed by atoms with van der Waals surface area (Å²) in [6.45, 7) is 1.41. The van der Waals surface area contributed by atoms with E-state index in [0.29, 0.717) is 26.1 Å². The quantitative estimate of drug-likeness (QED) is 0.430. The lowest BCUT2D eigenvalue weighted by atomic mass is 10.2. The van der Waals surface area contributed by atoms with Gasteiger partial charge in [-0.3, -0.25) is 8.98 Å². The molecule has 0 aliphatic heterocycles. The van der Waals surface area contributed by atoms with Crippen LogP contribution in [-0.2, 0) is 23.8 Å². The summed E-state index contributed by atoms with van der Waals surface area (Å²) in [5.41, 5.74) is 0. The van der Waals surface area contributed by atoms with Gasteiger partial charge in [0.05, 0.1) is 12.9 Å². The molecule has 0 aromatic heterocycles. The van der Waals surface area contributed by atoms with E-state index >= 15 is 0 Å². The highest BCUT2D eigenvalue weighted by Crippen LogP contribution is 2.00. The SMILES string of the molecule is CS(=O)(=O)OCCCCCOCCCCC(=O)O. The molecule has 0 aliphatic carbocycles. The third-order valence-electron chi connectivity index (χ3n) is 2.16. The van der Waals surface area contributed by atoms with Gasteiger partial charge >= 0.3 is 5.97 Å². The van der Waals surface area contributed by atoms with Crippen LogP contribution in [0.4, 0.5) is 0 Å². The molecule has 0 radical (unpaired) electrons. The lowest BCUT2D eigenvalue weighted by molar-refractivity contribution is -0.137. The molecule has 0 saturated carbocycles. The average Bonchev–Trinajstić information content (AvgIpc) is 2.24. The van der Waals surface area contributed by atoms with E-state index < -0.39 is 16.1 Å². The van der Waals surface area contributed by atoms with E-state index in [2.05, 4.69) is 4.18 Å². The van der Waals surface area contributed by atoms with Crippen LogP contribution in [0.15, 0.2) is 0 Å². The molecule has 0 spiro atoms. The Bertz CT molecular complexity index is 311.